The number of carbonyl (C=O) groups excluding carboxylic acids is 2. The molecule has 0 spiro atoms. The van der Waals surface area contributed by atoms with Crippen LogP contribution in [-0.2, 0) is 14.9 Å². The molecule has 2 aromatic carbocycles. The lowest BCUT2D eigenvalue weighted by atomic mass is 9.87. The summed E-state index contributed by atoms with van der Waals surface area (Å²) in [6.45, 7) is 6.97. The Bertz CT molecular complexity index is 744. The number of carbonyl (C=O) groups is 2. The van der Waals surface area contributed by atoms with Gasteiger partial charge in [-0.15, -0.1) is 0 Å². The lowest BCUT2D eigenvalue weighted by Gasteiger charge is -2.19. The first-order valence-electron chi connectivity index (χ1n) is 8.62. The smallest absolute Gasteiger partial charge is 0.337 e. The molecule has 0 heterocycles. The Kier molecular flexibility index (Phi) is 6.39. The largest absolute Gasteiger partial charge is 0.465 e. The molecular weight excluding hydrogens is 328 g/mol. The van der Waals surface area contributed by atoms with Gasteiger partial charge in [0.15, 0.2) is 0 Å². The van der Waals surface area contributed by atoms with Crippen molar-refractivity contribution in [2.24, 2.45) is 0 Å². The Hall–Kier alpha value is -2.82. The minimum Gasteiger partial charge on any atom is -0.465 e. The van der Waals surface area contributed by atoms with Gasteiger partial charge in [-0.2, -0.15) is 0 Å². The third-order valence-corrected chi connectivity index (χ3v) is 4.02. The van der Waals surface area contributed by atoms with Crippen molar-refractivity contribution in [2.75, 3.05) is 24.3 Å². The van der Waals surface area contributed by atoms with E-state index in [4.69, 9.17) is 0 Å². The number of hydrogen-bond donors (Lipinski definition) is 2. The molecule has 5 nitrogen and oxygen atoms in total. The third kappa shape index (κ3) is 5.62. The van der Waals surface area contributed by atoms with Gasteiger partial charge < -0.3 is 15.4 Å². The number of methoxy groups -OCH3 is 1. The summed E-state index contributed by atoms with van der Waals surface area (Å²) >= 11 is 0. The van der Waals surface area contributed by atoms with E-state index in [-0.39, 0.29) is 17.3 Å². The van der Waals surface area contributed by atoms with Gasteiger partial charge in [-0.1, -0.05) is 32.9 Å². The summed E-state index contributed by atoms with van der Waals surface area (Å²) in [5.74, 6) is -0.416. The van der Waals surface area contributed by atoms with Crippen LogP contribution in [0.15, 0.2) is 48.5 Å². The number of ether oxygens (including phenoxy) is 1. The maximum atomic E-state index is 12.1. The van der Waals surface area contributed by atoms with E-state index in [0.29, 0.717) is 18.5 Å². The van der Waals surface area contributed by atoms with Crippen molar-refractivity contribution >= 4 is 23.3 Å². The molecule has 2 N–H and O–H groups in total. The van der Waals surface area contributed by atoms with Crippen LogP contribution in [0.25, 0.3) is 0 Å². The Morgan fingerprint density at radius 2 is 1.50 bits per heavy atom. The Balaban J connectivity index is 1.79. The molecular formula is C21H26N2O3. The van der Waals surface area contributed by atoms with Crippen LogP contribution >= 0.6 is 0 Å². The van der Waals surface area contributed by atoms with Gasteiger partial charge in [-0.3, -0.25) is 4.79 Å². The zero-order valence-electron chi connectivity index (χ0n) is 15.8. The Morgan fingerprint density at radius 3 is 2.04 bits per heavy atom. The van der Waals surface area contributed by atoms with Crippen LogP contribution in [0.5, 0.6) is 0 Å². The molecule has 0 aliphatic rings. The van der Waals surface area contributed by atoms with Crippen LogP contribution in [0.3, 0.4) is 0 Å². The molecule has 138 valence electrons. The van der Waals surface area contributed by atoms with E-state index in [0.717, 1.165) is 11.4 Å². The molecule has 1 amide bonds. The van der Waals surface area contributed by atoms with Gasteiger partial charge in [0.1, 0.15) is 0 Å². The number of amides is 1. The second-order valence-corrected chi connectivity index (χ2v) is 7.12. The molecule has 5 heteroatoms. The molecule has 0 unspecified atom stereocenters. The molecule has 0 aliphatic heterocycles. The third-order valence-electron chi connectivity index (χ3n) is 4.02. The van der Waals surface area contributed by atoms with Crippen molar-refractivity contribution in [1.29, 1.82) is 0 Å². The number of nitrogens with one attached hydrogen (secondary N) is 2. The quantitative estimate of drug-likeness (QED) is 0.763. The minimum absolute atomic E-state index is 0.0489. The van der Waals surface area contributed by atoms with Gasteiger partial charge in [0.2, 0.25) is 5.91 Å². The highest BCUT2D eigenvalue weighted by atomic mass is 16.5. The molecule has 0 aliphatic carbocycles. The van der Waals surface area contributed by atoms with Gasteiger partial charge in [-0.05, 0) is 47.4 Å². The average molecular weight is 354 g/mol. The number of esters is 1. The van der Waals surface area contributed by atoms with Gasteiger partial charge in [0.25, 0.3) is 0 Å². The average Bonchev–Trinajstić information content (AvgIpc) is 2.61. The van der Waals surface area contributed by atoms with Crippen LogP contribution in [0.2, 0.25) is 0 Å². The van der Waals surface area contributed by atoms with Gasteiger partial charge in [0, 0.05) is 24.3 Å². The molecule has 0 aromatic heterocycles. The van der Waals surface area contributed by atoms with Crippen LogP contribution in [0.1, 0.15) is 43.1 Å². The molecule has 2 rings (SSSR count). The highest BCUT2D eigenvalue weighted by Gasteiger charge is 2.13. The predicted octanol–water partition coefficient (Wildman–Crippen LogP) is 4.21. The highest BCUT2D eigenvalue weighted by Crippen LogP contribution is 2.23. The predicted molar refractivity (Wildman–Crippen MR) is 105 cm³/mol. The lowest BCUT2D eigenvalue weighted by molar-refractivity contribution is -0.115. The van der Waals surface area contributed by atoms with Crippen LogP contribution < -0.4 is 10.6 Å². The van der Waals surface area contributed by atoms with E-state index in [9.17, 15) is 9.59 Å². The van der Waals surface area contributed by atoms with E-state index < -0.39 is 0 Å². The Morgan fingerprint density at radius 1 is 0.923 bits per heavy atom. The molecule has 2 aromatic rings. The number of hydrogen-bond acceptors (Lipinski definition) is 4. The monoisotopic (exact) mass is 354 g/mol. The zero-order chi connectivity index (χ0) is 19.2. The molecule has 0 fully saturated rings. The summed E-state index contributed by atoms with van der Waals surface area (Å²) in [4.78, 5) is 23.4. The summed E-state index contributed by atoms with van der Waals surface area (Å²) in [6, 6.07) is 14.9. The Labute approximate surface area is 154 Å². The maximum absolute atomic E-state index is 12.1. The second kappa shape index (κ2) is 8.52. The topological polar surface area (TPSA) is 67.4 Å². The van der Waals surface area contributed by atoms with Crippen molar-refractivity contribution in [3.8, 4) is 0 Å². The molecule has 0 atom stereocenters. The van der Waals surface area contributed by atoms with Crippen molar-refractivity contribution in [3.63, 3.8) is 0 Å². The summed E-state index contributed by atoms with van der Waals surface area (Å²) in [5.41, 5.74) is 3.46. The first-order chi connectivity index (χ1) is 12.3. The van der Waals surface area contributed by atoms with Crippen molar-refractivity contribution in [1.82, 2.24) is 0 Å². The zero-order valence-corrected chi connectivity index (χ0v) is 15.8. The standard InChI is InChI=1S/C21H26N2O3/c1-21(2,3)16-7-11-18(12-8-16)23-19(24)13-14-22-17-9-5-15(6-10-17)20(25)26-4/h5-12,22H,13-14H2,1-4H3,(H,23,24). The van der Waals surface area contributed by atoms with Gasteiger partial charge in [-0.25, -0.2) is 4.79 Å². The number of anilines is 2. The van der Waals surface area contributed by atoms with E-state index in [1.165, 1.54) is 12.7 Å². The van der Waals surface area contributed by atoms with Crippen molar-refractivity contribution < 1.29 is 14.3 Å². The van der Waals surface area contributed by atoms with E-state index in [1.54, 1.807) is 24.3 Å². The lowest BCUT2D eigenvalue weighted by Crippen LogP contribution is -2.16. The molecule has 0 bridgehead atoms. The minimum atomic E-state index is -0.367. The molecule has 0 saturated carbocycles. The maximum Gasteiger partial charge on any atom is 0.337 e. The first kappa shape index (κ1) is 19.5. The van der Waals surface area contributed by atoms with Crippen LogP contribution in [-0.4, -0.2) is 25.5 Å². The second-order valence-electron chi connectivity index (χ2n) is 7.12. The fourth-order valence-electron chi connectivity index (χ4n) is 2.44. The van der Waals surface area contributed by atoms with Crippen LogP contribution in [0, 0.1) is 0 Å². The summed E-state index contributed by atoms with van der Waals surface area (Å²) in [5, 5.41) is 6.06. The van der Waals surface area contributed by atoms with E-state index in [2.05, 4.69) is 36.1 Å². The fraction of sp³-hybridized carbons (Fsp3) is 0.333. The van der Waals surface area contributed by atoms with Crippen molar-refractivity contribution in [2.45, 2.75) is 32.6 Å². The summed E-state index contributed by atoms with van der Waals surface area (Å²) < 4.78 is 4.66. The van der Waals surface area contributed by atoms with Gasteiger partial charge >= 0.3 is 5.97 Å². The van der Waals surface area contributed by atoms with Gasteiger partial charge in [0.05, 0.1) is 12.7 Å². The van der Waals surface area contributed by atoms with Crippen molar-refractivity contribution in [3.05, 3.63) is 59.7 Å². The summed E-state index contributed by atoms with van der Waals surface area (Å²) in [6.07, 6.45) is 0.347. The number of benzene rings is 2. The number of rotatable bonds is 6. The highest BCUT2D eigenvalue weighted by molar-refractivity contribution is 5.91. The molecule has 0 radical (unpaired) electrons. The molecule has 26 heavy (non-hydrogen) atoms. The fourth-order valence-corrected chi connectivity index (χ4v) is 2.44. The van der Waals surface area contributed by atoms with E-state index >= 15 is 0 Å². The molecule has 0 saturated heterocycles. The SMILES string of the molecule is COC(=O)c1ccc(NCCC(=O)Nc2ccc(C(C)(C)C)cc2)cc1. The first-order valence-corrected chi connectivity index (χ1v) is 8.62. The van der Waals surface area contributed by atoms with Crippen LogP contribution in [0.4, 0.5) is 11.4 Å². The van der Waals surface area contributed by atoms with E-state index in [1.807, 2.05) is 24.3 Å². The normalized spacial score (nSPS) is 10.9. The summed E-state index contributed by atoms with van der Waals surface area (Å²) in [7, 11) is 1.35.